The van der Waals surface area contributed by atoms with Crippen LogP contribution in [-0.2, 0) is 9.47 Å². The van der Waals surface area contributed by atoms with Gasteiger partial charge < -0.3 is 9.47 Å². The number of hydrogen-bond acceptors (Lipinski definition) is 3. The first-order chi connectivity index (χ1) is 5.79. The van der Waals surface area contributed by atoms with Crippen molar-refractivity contribution in [2.75, 3.05) is 13.2 Å². The van der Waals surface area contributed by atoms with Gasteiger partial charge in [-0.15, -0.1) is 0 Å². The van der Waals surface area contributed by atoms with Crippen molar-refractivity contribution in [2.24, 2.45) is 0 Å². The molecule has 70 valence electrons. The lowest BCUT2D eigenvalue weighted by Gasteiger charge is -2.13. The molecule has 0 saturated heterocycles. The van der Waals surface area contributed by atoms with E-state index < -0.39 is 6.29 Å². The summed E-state index contributed by atoms with van der Waals surface area (Å²) in [6, 6.07) is -0.273. The van der Waals surface area contributed by atoms with Gasteiger partial charge >= 0.3 is 6.04 Å². The average molecular weight is 173 g/mol. The molecule has 0 radical (unpaired) electrons. The fraction of sp³-hybridized carbons (Fsp3) is 1.00. The molecule has 1 unspecified atom stereocenters. The Kier molecular flexibility index (Phi) is 6.63. The minimum Gasteiger partial charge on any atom is -0.346 e. The van der Waals surface area contributed by atoms with Crippen LogP contribution in [0.2, 0.25) is 0 Å². The second-order valence-corrected chi connectivity index (χ2v) is 2.37. The van der Waals surface area contributed by atoms with E-state index in [2.05, 4.69) is 4.98 Å². The lowest BCUT2D eigenvalue weighted by atomic mass is 10.2. The maximum Gasteiger partial charge on any atom is 0.363 e. The largest absolute Gasteiger partial charge is 0.363 e. The minimum absolute atomic E-state index is 0.273. The van der Waals surface area contributed by atoms with Gasteiger partial charge in [-0.1, -0.05) is 6.92 Å². The highest BCUT2D eigenvalue weighted by atomic mass is 16.7. The van der Waals surface area contributed by atoms with Gasteiger partial charge in [-0.2, -0.15) is 0 Å². The van der Waals surface area contributed by atoms with Gasteiger partial charge in [-0.05, 0) is 13.8 Å². The third-order valence-electron chi connectivity index (χ3n) is 1.54. The molecule has 4 heteroatoms. The van der Waals surface area contributed by atoms with Crippen LogP contribution < -0.4 is 0 Å². The normalized spacial score (nSPS) is 12.9. The van der Waals surface area contributed by atoms with E-state index in [-0.39, 0.29) is 6.04 Å². The summed E-state index contributed by atoms with van der Waals surface area (Å²) in [5.41, 5.74) is 0. The van der Waals surface area contributed by atoms with Crippen molar-refractivity contribution in [1.82, 2.24) is 0 Å². The Morgan fingerprint density at radius 1 is 1.17 bits per heavy atom. The van der Waals surface area contributed by atoms with Crippen molar-refractivity contribution in [3.63, 3.8) is 0 Å². The van der Waals surface area contributed by atoms with Crippen molar-refractivity contribution in [1.29, 1.82) is 5.39 Å². The van der Waals surface area contributed by atoms with Gasteiger partial charge in [0, 0.05) is 19.6 Å². The molecule has 0 spiro atoms. The SMILES string of the molecule is CCOC(OCC)C(CC)[N+]#N. The van der Waals surface area contributed by atoms with Crippen LogP contribution in [0.25, 0.3) is 4.98 Å². The molecule has 4 nitrogen and oxygen atoms in total. The third-order valence-corrected chi connectivity index (χ3v) is 1.54. The monoisotopic (exact) mass is 173 g/mol. The summed E-state index contributed by atoms with van der Waals surface area (Å²) < 4.78 is 10.5. The van der Waals surface area contributed by atoms with Gasteiger partial charge in [0.2, 0.25) is 11.7 Å². The zero-order valence-corrected chi connectivity index (χ0v) is 7.99. The van der Waals surface area contributed by atoms with Crippen LogP contribution in [0.1, 0.15) is 27.2 Å². The predicted octanol–water partition coefficient (Wildman–Crippen LogP) is 2.02. The van der Waals surface area contributed by atoms with Crippen LogP contribution in [0.4, 0.5) is 0 Å². The topological polar surface area (TPSA) is 46.6 Å². The smallest absolute Gasteiger partial charge is 0.346 e. The molecule has 0 fully saturated rings. The Balaban J connectivity index is 3.97. The minimum atomic E-state index is -0.407. The van der Waals surface area contributed by atoms with Gasteiger partial charge in [0.25, 0.3) is 0 Å². The predicted molar refractivity (Wildman–Crippen MR) is 46.2 cm³/mol. The summed E-state index contributed by atoms with van der Waals surface area (Å²) >= 11 is 0. The van der Waals surface area contributed by atoms with Crippen molar-refractivity contribution in [3.8, 4) is 0 Å². The highest BCUT2D eigenvalue weighted by Gasteiger charge is 2.31. The van der Waals surface area contributed by atoms with Crippen molar-refractivity contribution in [2.45, 2.75) is 39.5 Å². The van der Waals surface area contributed by atoms with E-state index in [1.807, 2.05) is 20.8 Å². The summed E-state index contributed by atoms with van der Waals surface area (Å²) in [6.07, 6.45) is 0.302. The lowest BCUT2D eigenvalue weighted by Crippen LogP contribution is -2.29. The number of rotatable bonds is 6. The summed E-state index contributed by atoms with van der Waals surface area (Å²) in [4.78, 5) is 3.19. The van der Waals surface area contributed by atoms with Crippen LogP contribution in [-0.4, -0.2) is 25.5 Å². The molecule has 0 aliphatic heterocycles. The van der Waals surface area contributed by atoms with Crippen LogP contribution >= 0.6 is 0 Å². The molecule has 0 heterocycles. The van der Waals surface area contributed by atoms with Gasteiger partial charge in [0.15, 0.2) is 0 Å². The Bertz CT molecular complexity index is 138. The molecule has 0 N–H and O–H groups in total. The van der Waals surface area contributed by atoms with E-state index >= 15 is 0 Å². The number of diazo groups is 1. The summed E-state index contributed by atoms with van der Waals surface area (Å²) in [6.45, 7) is 6.83. The van der Waals surface area contributed by atoms with E-state index in [0.29, 0.717) is 19.6 Å². The standard InChI is InChI=1S/C8H17N2O2/c1-4-7(10-9)8(11-5-2)12-6-3/h7-8H,4-6H2,1-3H3/q+1. The van der Waals surface area contributed by atoms with E-state index in [9.17, 15) is 0 Å². The molecular formula is C8H17N2O2+. The van der Waals surface area contributed by atoms with Crippen LogP contribution in [0.3, 0.4) is 0 Å². The summed E-state index contributed by atoms with van der Waals surface area (Å²) in [5.74, 6) is 0. The Hall–Kier alpha value is -0.660. The molecule has 0 rings (SSSR count). The van der Waals surface area contributed by atoms with Gasteiger partial charge in [0.1, 0.15) is 4.98 Å². The Labute approximate surface area is 73.5 Å². The maximum absolute atomic E-state index is 8.61. The zero-order valence-electron chi connectivity index (χ0n) is 7.99. The fourth-order valence-electron chi connectivity index (χ4n) is 0.927. The van der Waals surface area contributed by atoms with Crippen LogP contribution in [0.15, 0.2) is 0 Å². The molecule has 0 aromatic rings. The van der Waals surface area contributed by atoms with E-state index in [1.165, 1.54) is 0 Å². The number of hydrogen-bond donors (Lipinski definition) is 0. The van der Waals surface area contributed by atoms with Gasteiger partial charge in [-0.25, -0.2) is 0 Å². The van der Waals surface area contributed by atoms with E-state index in [4.69, 9.17) is 14.9 Å². The second kappa shape index (κ2) is 7.01. The molecule has 0 aliphatic rings. The molecule has 0 aliphatic carbocycles. The highest BCUT2D eigenvalue weighted by Crippen LogP contribution is 2.09. The molecule has 0 aromatic carbocycles. The molecule has 0 bridgehead atoms. The molecule has 0 aromatic heterocycles. The molecule has 12 heavy (non-hydrogen) atoms. The zero-order chi connectivity index (χ0) is 9.40. The van der Waals surface area contributed by atoms with Gasteiger partial charge in [0.05, 0.1) is 0 Å². The van der Waals surface area contributed by atoms with E-state index in [0.717, 1.165) is 0 Å². The van der Waals surface area contributed by atoms with Crippen LogP contribution in [0, 0.1) is 5.39 Å². The van der Waals surface area contributed by atoms with Crippen molar-refractivity contribution >= 4 is 0 Å². The molecule has 0 saturated carbocycles. The highest BCUT2D eigenvalue weighted by molar-refractivity contribution is 4.77. The number of ether oxygens (including phenoxy) is 2. The lowest BCUT2D eigenvalue weighted by molar-refractivity contribution is -0.142. The third kappa shape index (κ3) is 3.65. The molecule has 1 atom stereocenters. The van der Waals surface area contributed by atoms with Crippen molar-refractivity contribution < 1.29 is 9.47 Å². The Morgan fingerprint density at radius 3 is 1.92 bits per heavy atom. The first kappa shape index (κ1) is 11.3. The Morgan fingerprint density at radius 2 is 1.67 bits per heavy atom. The average Bonchev–Trinajstić information content (AvgIpc) is 2.07. The maximum atomic E-state index is 8.61. The number of nitrogens with zero attached hydrogens (tertiary/aromatic N) is 2. The van der Waals surface area contributed by atoms with E-state index in [1.54, 1.807) is 0 Å². The molecular weight excluding hydrogens is 156 g/mol. The fourth-order valence-corrected chi connectivity index (χ4v) is 0.927. The van der Waals surface area contributed by atoms with Crippen LogP contribution in [0.5, 0.6) is 0 Å². The summed E-state index contributed by atoms with van der Waals surface area (Å²) in [5, 5.41) is 8.61. The quantitative estimate of drug-likeness (QED) is 0.456. The first-order valence-electron chi connectivity index (χ1n) is 4.37. The van der Waals surface area contributed by atoms with Gasteiger partial charge in [-0.3, -0.25) is 0 Å². The van der Waals surface area contributed by atoms with Crippen molar-refractivity contribution in [3.05, 3.63) is 4.98 Å². The molecule has 0 amide bonds. The first-order valence-corrected chi connectivity index (χ1v) is 4.37. The summed E-state index contributed by atoms with van der Waals surface area (Å²) in [7, 11) is 0. The second-order valence-electron chi connectivity index (χ2n) is 2.37.